The summed E-state index contributed by atoms with van der Waals surface area (Å²) in [4.78, 5) is 4.60. The highest BCUT2D eigenvalue weighted by Crippen LogP contribution is 2.25. The monoisotopic (exact) mass is 487 g/mol. The summed E-state index contributed by atoms with van der Waals surface area (Å²) in [6.07, 6.45) is 0.716. The van der Waals surface area contributed by atoms with E-state index in [1.807, 2.05) is 31.2 Å². The predicted molar refractivity (Wildman–Crippen MR) is 118 cm³/mol. The lowest BCUT2D eigenvalue weighted by molar-refractivity contribution is 0.391. The molecule has 0 aliphatic heterocycles. The van der Waals surface area contributed by atoms with Gasteiger partial charge >= 0.3 is 0 Å². The van der Waals surface area contributed by atoms with E-state index in [9.17, 15) is 4.39 Å². The van der Waals surface area contributed by atoms with E-state index in [1.54, 1.807) is 26.4 Å². The van der Waals surface area contributed by atoms with Gasteiger partial charge in [-0.1, -0.05) is 12.1 Å². The molecule has 2 rings (SSSR count). The van der Waals surface area contributed by atoms with E-state index in [0.29, 0.717) is 25.5 Å². The molecule has 2 aromatic carbocycles. The van der Waals surface area contributed by atoms with Gasteiger partial charge < -0.3 is 20.1 Å². The first kappa shape index (κ1) is 23.0. The number of rotatable bonds is 8. The lowest BCUT2D eigenvalue weighted by atomic mass is 10.1. The zero-order valence-corrected chi connectivity index (χ0v) is 18.3. The lowest BCUT2D eigenvalue weighted by Gasteiger charge is -2.13. The Balaban J connectivity index is 0.00000364. The maximum atomic E-state index is 13.2. The molecule has 27 heavy (non-hydrogen) atoms. The van der Waals surface area contributed by atoms with Gasteiger partial charge in [0.1, 0.15) is 17.3 Å². The number of methoxy groups -OCH3 is 2. The first-order chi connectivity index (χ1) is 12.7. The third-order valence-electron chi connectivity index (χ3n) is 3.84. The zero-order chi connectivity index (χ0) is 18.8. The van der Waals surface area contributed by atoms with E-state index in [-0.39, 0.29) is 29.8 Å². The molecule has 7 heteroatoms. The lowest BCUT2D eigenvalue weighted by Crippen LogP contribution is -2.38. The number of nitrogens with one attached hydrogen (secondary N) is 2. The molecule has 2 N–H and O–H groups in total. The second-order valence-corrected chi connectivity index (χ2v) is 5.68. The number of halogens is 2. The van der Waals surface area contributed by atoms with Crippen LogP contribution < -0.4 is 20.1 Å². The van der Waals surface area contributed by atoms with Crippen molar-refractivity contribution in [3.05, 3.63) is 59.4 Å². The Morgan fingerprint density at radius 3 is 2.56 bits per heavy atom. The van der Waals surface area contributed by atoms with Crippen molar-refractivity contribution in [3.8, 4) is 11.5 Å². The summed E-state index contributed by atoms with van der Waals surface area (Å²) >= 11 is 0. The fourth-order valence-electron chi connectivity index (χ4n) is 2.51. The van der Waals surface area contributed by atoms with Crippen molar-refractivity contribution in [2.45, 2.75) is 19.9 Å². The molecule has 148 valence electrons. The Bertz CT molecular complexity index is 741. The van der Waals surface area contributed by atoms with Crippen molar-refractivity contribution in [1.29, 1.82) is 0 Å². The topological polar surface area (TPSA) is 54.9 Å². The van der Waals surface area contributed by atoms with Gasteiger partial charge in [-0.2, -0.15) is 0 Å². The van der Waals surface area contributed by atoms with Crippen LogP contribution in [0.5, 0.6) is 11.5 Å². The number of guanidine groups is 1. The summed E-state index contributed by atoms with van der Waals surface area (Å²) in [5.41, 5.74) is 1.92. The summed E-state index contributed by atoms with van der Waals surface area (Å²) in [5, 5.41) is 6.48. The molecule has 0 aliphatic carbocycles. The molecule has 0 saturated heterocycles. The SMILES string of the molecule is CCNC(=NCc1ccc(OC)cc1OC)NCCc1cccc(F)c1.I. The van der Waals surface area contributed by atoms with Crippen LogP contribution in [0.1, 0.15) is 18.1 Å². The molecule has 0 heterocycles. The van der Waals surface area contributed by atoms with Crippen molar-refractivity contribution >= 4 is 29.9 Å². The van der Waals surface area contributed by atoms with E-state index in [0.717, 1.165) is 29.2 Å². The van der Waals surface area contributed by atoms with Crippen molar-refractivity contribution in [2.24, 2.45) is 4.99 Å². The summed E-state index contributed by atoms with van der Waals surface area (Å²) < 4.78 is 23.8. The number of ether oxygens (including phenoxy) is 2. The largest absolute Gasteiger partial charge is 0.497 e. The van der Waals surface area contributed by atoms with Gasteiger partial charge in [-0.25, -0.2) is 9.38 Å². The van der Waals surface area contributed by atoms with Crippen molar-refractivity contribution in [1.82, 2.24) is 10.6 Å². The molecule has 0 amide bonds. The number of hydrogen-bond donors (Lipinski definition) is 2. The molecular weight excluding hydrogens is 460 g/mol. The van der Waals surface area contributed by atoms with E-state index < -0.39 is 0 Å². The van der Waals surface area contributed by atoms with E-state index >= 15 is 0 Å². The Kier molecular flexibility index (Phi) is 10.5. The minimum Gasteiger partial charge on any atom is -0.497 e. The van der Waals surface area contributed by atoms with Crippen LogP contribution in [-0.4, -0.2) is 33.3 Å². The molecule has 0 bridgehead atoms. The van der Waals surface area contributed by atoms with E-state index in [4.69, 9.17) is 9.47 Å². The highest BCUT2D eigenvalue weighted by Gasteiger charge is 2.05. The second kappa shape index (κ2) is 12.4. The van der Waals surface area contributed by atoms with Gasteiger partial charge in [-0.3, -0.25) is 0 Å². The molecule has 5 nitrogen and oxygen atoms in total. The van der Waals surface area contributed by atoms with Gasteiger partial charge in [-0.15, -0.1) is 24.0 Å². The first-order valence-corrected chi connectivity index (χ1v) is 8.63. The summed E-state index contributed by atoms with van der Waals surface area (Å²) in [6, 6.07) is 12.3. The molecular formula is C20H27FIN3O2. The van der Waals surface area contributed by atoms with Gasteiger partial charge in [0.05, 0.1) is 20.8 Å². The third kappa shape index (κ3) is 7.62. The molecule has 0 saturated carbocycles. The van der Waals surface area contributed by atoms with Crippen LogP contribution >= 0.6 is 24.0 Å². The Hall–Kier alpha value is -2.03. The molecule has 0 aromatic heterocycles. The van der Waals surface area contributed by atoms with Crippen molar-refractivity contribution < 1.29 is 13.9 Å². The minimum atomic E-state index is -0.213. The number of aliphatic imine (C=N–C) groups is 1. The van der Waals surface area contributed by atoms with Crippen molar-refractivity contribution in [2.75, 3.05) is 27.3 Å². The molecule has 0 fully saturated rings. The van der Waals surface area contributed by atoms with Gasteiger partial charge in [0, 0.05) is 24.7 Å². The number of hydrogen-bond acceptors (Lipinski definition) is 3. The average molecular weight is 487 g/mol. The van der Waals surface area contributed by atoms with Crippen LogP contribution in [0.3, 0.4) is 0 Å². The molecule has 0 radical (unpaired) electrons. The molecule has 0 spiro atoms. The zero-order valence-electron chi connectivity index (χ0n) is 15.9. The summed E-state index contributed by atoms with van der Waals surface area (Å²) in [7, 11) is 3.25. The maximum Gasteiger partial charge on any atom is 0.191 e. The third-order valence-corrected chi connectivity index (χ3v) is 3.84. The Morgan fingerprint density at radius 2 is 1.89 bits per heavy atom. The molecule has 0 atom stereocenters. The maximum absolute atomic E-state index is 13.2. The Labute approximate surface area is 177 Å². The first-order valence-electron chi connectivity index (χ1n) is 8.63. The fourth-order valence-corrected chi connectivity index (χ4v) is 2.51. The standard InChI is InChI=1S/C20H26FN3O2.HI/c1-4-22-20(23-11-10-15-6-5-7-17(21)12-15)24-14-16-8-9-18(25-2)13-19(16)26-3;/h5-9,12-13H,4,10-11,14H2,1-3H3,(H2,22,23,24);1H. The molecule has 0 unspecified atom stereocenters. The summed E-state index contributed by atoms with van der Waals surface area (Å²) in [6.45, 7) is 3.90. The van der Waals surface area contributed by atoms with Crippen LogP contribution in [0.15, 0.2) is 47.5 Å². The van der Waals surface area contributed by atoms with Crippen LogP contribution in [-0.2, 0) is 13.0 Å². The highest BCUT2D eigenvalue weighted by atomic mass is 127. The molecule has 0 aliphatic rings. The smallest absolute Gasteiger partial charge is 0.191 e. The van der Waals surface area contributed by atoms with Crippen molar-refractivity contribution in [3.63, 3.8) is 0 Å². The van der Waals surface area contributed by atoms with E-state index in [2.05, 4.69) is 15.6 Å². The highest BCUT2D eigenvalue weighted by molar-refractivity contribution is 14.0. The number of nitrogens with zero attached hydrogens (tertiary/aromatic N) is 1. The Morgan fingerprint density at radius 1 is 1.07 bits per heavy atom. The fraction of sp³-hybridized carbons (Fsp3) is 0.350. The quantitative estimate of drug-likeness (QED) is 0.339. The predicted octanol–water partition coefficient (Wildman–Crippen LogP) is 3.76. The van der Waals surface area contributed by atoms with Crippen LogP contribution in [0.25, 0.3) is 0 Å². The van der Waals surface area contributed by atoms with Crippen LogP contribution in [0.4, 0.5) is 4.39 Å². The van der Waals surface area contributed by atoms with Gasteiger partial charge in [0.2, 0.25) is 0 Å². The number of benzene rings is 2. The van der Waals surface area contributed by atoms with Crippen LogP contribution in [0, 0.1) is 5.82 Å². The van der Waals surface area contributed by atoms with Gasteiger partial charge in [0.25, 0.3) is 0 Å². The van der Waals surface area contributed by atoms with Gasteiger partial charge in [-0.05, 0) is 43.2 Å². The van der Waals surface area contributed by atoms with Gasteiger partial charge in [0.15, 0.2) is 5.96 Å². The minimum absolute atomic E-state index is 0. The average Bonchev–Trinajstić information content (AvgIpc) is 2.66. The van der Waals surface area contributed by atoms with Crippen LogP contribution in [0.2, 0.25) is 0 Å². The second-order valence-electron chi connectivity index (χ2n) is 5.68. The normalized spacial score (nSPS) is 10.7. The summed E-state index contributed by atoms with van der Waals surface area (Å²) in [5.74, 6) is 1.98. The van der Waals surface area contributed by atoms with E-state index in [1.165, 1.54) is 6.07 Å². The molecule has 2 aromatic rings.